The summed E-state index contributed by atoms with van der Waals surface area (Å²) in [6, 6.07) is 4.21. The number of fused-ring (bicyclic) bond motifs is 1. The standard InChI is InChI=1S/C16H23N3O/c1-2-17-15-13(7-5-10-18-15)16(20)19-11-9-12-6-3-4-8-14(12)19/h5,7,10,12,14H,2-4,6,8-9,11H2,1H3,(H,17,18). The zero-order valence-corrected chi connectivity index (χ0v) is 12.1. The van der Waals surface area contributed by atoms with Crippen LogP contribution in [0.2, 0.25) is 0 Å². The second-order valence-corrected chi connectivity index (χ2v) is 5.83. The van der Waals surface area contributed by atoms with Gasteiger partial charge in [-0.2, -0.15) is 0 Å². The number of carbonyl (C=O) groups excluding carboxylic acids is 1. The summed E-state index contributed by atoms with van der Waals surface area (Å²) in [6.45, 7) is 3.72. The Morgan fingerprint density at radius 2 is 2.25 bits per heavy atom. The van der Waals surface area contributed by atoms with Crippen LogP contribution in [0.4, 0.5) is 5.82 Å². The van der Waals surface area contributed by atoms with E-state index in [4.69, 9.17) is 0 Å². The van der Waals surface area contributed by atoms with Crippen molar-refractivity contribution < 1.29 is 4.79 Å². The summed E-state index contributed by atoms with van der Waals surface area (Å²) in [5.41, 5.74) is 0.723. The van der Waals surface area contributed by atoms with Gasteiger partial charge >= 0.3 is 0 Å². The fraction of sp³-hybridized carbons (Fsp3) is 0.625. The molecule has 2 atom stereocenters. The number of nitrogens with zero attached hydrogens (tertiary/aromatic N) is 2. The molecule has 0 radical (unpaired) electrons. The van der Waals surface area contributed by atoms with Gasteiger partial charge in [-0.3, -0.25) is 4.79 Å². The lowest BCUT2D eigenvalue weighted by Gasteiger charge is -2.32. The average molecular weight is 273 g/mol. The molecule has 2 unspecified atom stereocenters. The van der Waals surface area contributed by atoms with Crippen LogP contribution in [0.15, 0.2) is 18.3 Å². The first-order valence-electron chi connectivity index (χ1n) is 7.81. The summed E-state index contributed by atoms with van der Waals surface area (Å²) >= 11 is 0. The van der Waals surface area contributed by atoms with Crippen molar-refractivity contribution in [3.05, 3.63) is 23.9 Å². The lowest BCUT2D eigenvalue weighted by molar-refractivity contribution is 0.0691. The minimum absolute atomic E-state index is 0.156. The third-order valence-electron chi connectivity index (χ3n) is 4.65. The van der Waals surface area contributed by atoms with Gasteiger partial charge in [0.15, 0.2) is 0 Å². The summed E-state index contributed by atoms with van der Waals surface area (Å²) in [4.78, 5) is 19.2. The van der Waals surface area contributed by atoms with Crippen LogP contribution in [0.25, 0.3) is 0 Å². The van der Waals surface area contributed by atoms with Gasteiger partial charge < -0.3 is 10.2 Å². The van der Waals surface area contributed by atoms with E-state index in [1.165, 1.54) is 32.1 Å². The Labute approximate surface area is 120 Å². The Bertz CT molecular complexity index is 488. The van der Waals surface area contributed by atoms with Gasteiger partial charge in [0, 0.05) is 25.3 Å². The molecular weight excluding hydrogens is 250 g/mol. The predicted octanol–water partition coefficient (Wildman–Crippen LogP) is 2.92. The van der Waals surface area contributed by atoms with Crippen LogP contribution in [0, 0.1) is 5.92 Å². The minimum atomic E-state index is 0.156. The van der Waals surface area contributed by atoms with E-state index < -0.39 is 0 Å². The molecule has 4 heteroatoms. The molecule has 2 fully saturated rings. The summed E-state index contributed by atoms with van der Waals surface area (Å²) in [5, 5.41) is 3.19. The molecule has 1 aromatic heterocycles. The zero-order chi connectivity index (χ0) is 13.9. The first kappa shape index (κ1) is 13.4. The monoisotopic (exact) mass is 273 g/mol. The largest absolute Gasteiger partial charge is 0.370 e. The van der Waals surface area contributed by atoms with E-state index in [2.05, 4.69) is 15.2 Å². The maximum absolute atomic E-state index is 12.8. The van der Waals surface area contributed by atoms with Crippen molar-refractivity contribution in [1.82, 2.24) is 9.88 Å². The predicted molar refractivity (Wildman–Crippen MR) is 79.8 cm³/mol. The van der Waals surface area contributed by atoms with Crippen LogP contribution in [0.3, 0.4) is 0 Å². The molecular formula is C16H23N3O. The molecule has 1 saturated heterocycles. The van der Waals surface area contributed by atoms with Crippen molar-refractivity contribution in [2.24, 2.45) is 5.92 Å². The third-order valence-corrected chi connectivity index (χ3v) is 4.65. The van der Waals surface area contributed by atoms with E-state index in [1.54, 1.807) is 6.20 Å². The first-order chi connectivity index (χ1) is 9.81. The molecule has 3 rings (SSSR count). The molecule has 2 heterocycles. The highest BCUT2D eigenvalue weighted by Gasteiger charge is 2.38. The van der Waals surface area contributed by atoms with Crippen molar-refractivity contribution in [1.29, 1.82) is 0 Å². The summed E-state index contributed by atoms with van der Waals surface area (Å²) in [7, 11) is 0. The van der Waals surface area contributed by atoms with Crippen molar-refractivity contribution in [2.45, 2.75) is 45.1 Å². The first-order valence-corrected chi connectivity index (χ1v) is 7.81. The van der Waals surface area contributed by atoms with Crippen molar-refractivity contribution in [3.63, 3.8) is 0 Å². The van der Waals surface area contributed by atoms with Gasteiger partial charge in [0.25, 0.3) is 5.91 Å². The molecule has 4 nitrogen and oxygen atoms in total. The Morgan fingerprint density at radius 1 is 1.40 bits per heavy atom. The van der Waals surface area contributed by atoms with Crippen LogP contribution >= 0.6 is 0 Å². The molecule has 0 spiro atoms. The van der Waals surface area contributed by atoms with E-state index in [-0.39, 0.29) is 5.91 Å². The Balaban J connectivity index is 1.82. The molecule has 2 aliphatic rings. The number of amides is 1. The second-order valence-electron chi connectivity index (χ2n) is 5.83. The maximum atomic E-state index is 12.8. The highest BCUT2D eigenvalue weighted by Crippen LogP contribution is 2.37. The number of anilines is 1. The number of rotatable bonds is 3. The van der Waals surface area contributed by atoms with Gasteiger partial charge in [0.05, 0.1) is 5.56 Å². The number of likely N-dealkylation sites (tertiary alicyclic amines) is 1. The van der Waals surface area contributed by atoms with Gasteiger partial charge in [-0.25, -0.2) is 4.98 Å². The van der Waals surface area contributed by atoms with Crippen LogP contribution in [-0.2, 0) is 0 Å². The molecule has 108 valence electrons. The topological polar surface area (TPSA) is 45.2 Å². The van der Waals surface area contributed by atoms with Crippen LogP contribution in [0.1, 0.15) is 49.4 Å². The molecule has 1 saturated carbocycles. The average Bonchev–Trinajstić information content (AvgIpc) is 2.91. The highest BCUT2D eigenvalue weighted by atomic mass is 16.2. The fourth-order valence-electron chi connectivity index (χ4n) is 3.70. The molecule has 0 aromatic carbocycles. The molecule has 1 aliphatic heterocycles. The zero-order valence-electron chi connectivity index (χ0n) is 12.1. The van der Waals surface area contributed by atoms with Crippen molar-refractivity contribution in [2.75, 3.05) is 18.4 Å². The molecule has 1 amide bonds. The Hall–Kier alpha value is -1.58. The molecule has 0 bridgehead atoms. The number of nitrogens with one attached hydrogen (secondary N) is 1. The SMILES string of the molecule is CCNc1ncccc1C(=O)N1CCC2CCCCC21. The van der Waals surface area contributed by atoms with Gasteiger partial charge in [-0.15, -0.1) is 0 Å². The van der Waals surface area contributed by atoms with Gasteiger partial charge in [0.2, 0.25) is 0 Å². The second kappa shape index (κ2) is 5.81. The number of carbonyl (C=O) groups is 1. The molecule has 1 N–H and O–H groups in total. The highest BCUT2D eigenvalue weighted by molar-refractivity contribution is 5.99. The van der Waals surface area contributed by atoms with Crippen LogP contribution in [0.5, 0.6) is 0 Å². The van der Waals surface area contributed by atoms with Gasteiger partial charge in [-0.1, -0.05) is 12.8 Å². The normalized spacial score (nSPS) is 25.4. The van der Waals surface area contributed by atoms with Crippen LogP contribution < -0.4 is 5.32 Å². The molecule has 20 heavy (non-hydrogen) atoms. The van der Waals surface area contributed by atoms with E-state index >= 15 is 0 Å². The smallest absolute Gasteiger partial charge is 0.257 e. The summed E-state index contributed by atoms with van der Waals surface area (Å²) < 4.78 is 0. The van der Waals surface area contributed by atoms with E-state index in [9.17, 15) is 4.79 Å². The summed E-state index contributed by atoms with van der Waals surface area (Å²) in [6.07, 6.45) is 7.97. The van der Waals surface area contributed by atoms with Gasteiger partial charge in [0.1, 0.15) is 5.82 Å². The van der Waals surface area contributed by atoms with Gasteiger partial charge in [-0.05, 0) is 44.2 Å². The number of hydrogen-bond donors (Lipinski definition) is 1. The molecule has 1 aromatic rings. The molecule has 1 aliphatic carbocycles. The van der Waals surface area contributed by atoms with Crippen molar-refractivity contribution >= 4 is 11.7 Å². The Morgan fingerprint density at radius 3 is 3.10 bits per heavy atom. The van der Waals surface area contributed by atoms with E-state index in [1.807, 2.05) is 19.1 Å². The lowest BCUT2D eigenvalue weighted by atomic mass is 9.85. The third kappa shape index (κ3) is 2.39. The summed E-state index contributed by atoms with van der Waals surface area (Å²) in [5.74, 6) is 1.61. The van der Waals surface area contributed by atoms with Crippen LogP contribution in [-0.4, -0.2) is 34.9 Å². The minimum Gasteiger partial charge on any atom is -0.370 e. The van der Waals surface area contributed by atoms with E-state index in [0.717, 1.165) is 30.4 Å². The maximum Gasteiger partial charge on any atom is 0.257 e. The Kier molecular flexibility index (Phi) is 3.90. The quantitative estimate of drug-likeness (QED) is 0.921. The van der Waals surface area contributed by atoms with E-state index in [0.29, 0.717) is 6.04 Å². The number of aromatic nitrogens is 1. The number of pyridine rings is 1. The number of hydrogen-bond acceptors (Lipinski definition) is 3. The fourth-order valence-corrected chi connectivity index (χ4v) is 3.70. The lowest BCUT2D eigenvalue weighted by Crippen LogP contribution is -2.39. The van der Waals surface area contributed by atoms with Crippen molar-refractivity contribution in [3.8, 4) is 0 Å².